The summed E-state index contributed by atoms with van der Waals surface area (Å²) in [5.41, 5.74) is 0. The lowest BCUT2D eigenvalue weighted by atomic mass is 9.95. The summed E-state index contributed by atoms with van der Waals surface area (Å²) in [6, 6.07) is -0.858. The molecule has 0 aliphatic heterocycles. The van der Waals surface area contributed by atoms with Gasteiger partial charge in [-0.15, -0.1) is 0 Å². The summed E-state index contributed by atoms with van der Waals surface area (Å²) in [7, 11) is 1.51. The fraction of sp³-hybridized carbons (Fsp3) is 0.846. The number of hydrogen-bond donors (Lipinski definition) is 2. The van der Waals surface area contributed by atoms with E-state index in [1.54, 1.807) is 0 Å². The van der Waals surface area contributed by atoms with Crippen LogP contribution in [0, 0.1) is 11.8 Å². The van der Waals surface area contributed by atoms with Crippen LogP contribution in [0.2, 0.25) is 0 Å². The number of carboxylic acid groups (broad SMARTS) is 1. The maximum atomic E-state index is 11.7. The molecule has 0 aliphatic rings. The van der Waals surface area contributed by atoms with E-state index >= 15 is 0 Å². The van der Waals surface area contributed by atoms with Gasteiger partial charge in [-0.25, -0.2) is 4.79 Å². The number of nitrogens with one attached hydrogen (secondary N) is 1. The highest BCUT2D eigenvalue weighted by Crippen LogP contribution is 2.14. The van der Waals surface area contributed by atoms with Gasteiger partial charge >= 0.3 is 5.97 Å². The molecule has 5 heteroatoms. The van der Waals surface area contributed by atoms with Crippen LogP contribution < -0.4 is 5.32 Å². The van der Waals surface area contributed by atoms with Crippen LogP contribution in [0.4, 0.5) is 0 Å². The number of hydrogen-bond acceptors (Lipinski definition) is 3. The van der Waals surface area contributed by atoms with Gasteiger partial charge in [-0.2, -0.15) is 0 Å². The third-order valence-corrected chi connectivity index (χ3v) is 2.65. The lowest BCUT2D eigenvalue weighted by Crippen LogP contribution is -2.42. The smallest absolute Gasteiger partial charge is 0.326 e. The summed E-state index contributed by atoms with van der Waals surface area (Å²) in [6.07, 6.45) is 1.62. The highest BCUT2D eigenvalue weighted by molar-refractivity contribution is 5.83. The third-order valence-electron chi connectivity index (χ3n) is 2.65. The molecular weight excluding hydrogens is 234 g/mol. The van der Waals surface area contributed by atoms with Crippen molar-refractivity contribution in [3.63, 3.8) is 0 Å². The van der Waals surface area contributed by atoms with Crippen LogP contribution in [0.25, 0.3) is 0 Å². The van der Waals surface area contributed by atoms with Crippen molar-refractivity contribution in [1.29, 1.82) is 0 Å². The fourth-order valence-electron chi connectivity index (χ4n) is 1.95. The minimum absolute atomic E-state index is 0.202. The summed E-state index contributed by atoms with van der Waals surface area (Å²) in [5.74, 6) is -0.415. The number of methoxy groups -OCH3 is 1. The zero-order chi connectivity index (χ0) is 14.1. The molecule has 2 unspecified atom stereocenters. The summed E-state index contributed by atoms with van der Waals surface area (Å²) >= 11 is 0. The first-order chi connectivity index (χ1) is 8.36. The number of ether oxygens (including phenoxy) is 1. The Hall–Kier alpha value is -1.10. The average molecular weight is 259 g/mol. The van der Waals surface area contributed by atoms with Crippen molar-refractivity contribution in [2.75, 3.05) is 13.7 Å². The quantitative estimate of drug-likeness (QED) is 0.660. The molecule has 1 amide bonds. The highest BCUT2D eigenvalue weighted by atomic mass is 16.5. The number of carbonyl (C=O) groups excluding carboxylic acids is 1. The fourth-order valence-corrected chi connectivity index (χ4v) is 1.95. The Labute approximate surface area is 109 Å². The van der Waals surface area contributed by atoms with E-state index in [0.29, 0.717) is 18.9 Å². The van der Waals surface area contributed by atoms with Gasteiger partial charge in [0.25, 0.3) is 0 Å². The number of carboxylic acids is 1. The molecule has 0 heterocycles. The van der Waals surface area contributed by atoms with E-state index in [-0.39, 0.29) is 18.2 Å². The van der Waals surface area contributed by atoms with E-state index in [9.17, 15) is 9.59 Å². The number of aliphatic carboxylic acids is 1. The van der Waals surface area contributed by atoms with Gasteiger partial charge in [0.05, 0.1) is 0 Å². The minimum atomic E-state index is -1.02. The molecule has 18 heavy (non-hydrogen) atoms. The number of rotatable bonds is 9. The van der Waals surface area contributed by atoms with Gasteiger partial charge in [0, 0.05) is 26.6 Å². The molecule has 0 rings (SSSR count). The zero-order valence-electron chi connectivity index (χ0n) is 11.7. The van der Waals surface area contributed by atoms with Gasteiger partial charge in [0.1, 0.15) is 6.04 Å². The third kappa shape index (κ3) is 8.06. The molecule has 0 aromatic heterocycles. The second kappa shape index (κ2) is 8.91. The van der Waals surface area contributed by atoms with E-state index < -0.39 is 12.0 Å². The first-order valence-electron chi connectivity index (χ1n) is 6.37. The van der Waals surface area contributed by atoms with E-state index in [4.69, 9.17) is 9.84 Å². The molecule has 0 aliphatic carbocycles. The molecule has 0 aromatic rings. The van der Waals surface area contributed by atoms with Gasteiger partial charge in [0.2, 0.25) is 5.91 Å². The molecule has 0 saturated heterocycles. The Morgan fingerprint density at radius 2 is 1.89 bits per heavy atom. The normalized spacial score (nSPS) is 14.3. The van der Waals surface area contributed by atoms with Gasteiger partial charge in [0.15, 0.2) is 0 Å². The number of carbonyl (C=O) groups is 2. The monoisotopic (exact) mass is 259 g/mol. The molecule has 0 bridgehead atoms. The topological polar surface area (TPSA) is 75.6 Å². The first-order valence-corrected chi connectivity index (χ1v) is 6.37. The van der Waals surface area contributed by atoms with Crippen LogP contribution in [0.1, 0.15) is 40.0 Å². The van der Waals surface area contributed by atoms with Crippen molar-refractivity contribution in [3.05, 3.63) is 0 Å². The van der Waals surface area contributed by atoms with Crippen LogP contribution in [0.3, 0.4) is 0 Å². The van der Waals surface area contributed by atoms with Crippen molar-refractivity contribution < 1.29 is 19.4 Å². The van der Waals surface area contributed by atoms with Crippen LogP contribution in [0.5, 0.6) is 0 Å². The largest absolute Gasteiger partial charge is 0.480 e. The number of amides is 1. The molecule has 0 aromatic carbocycles. The second-order valence-electron chi connectivity index (χ2n) is 5.18. The minimum Gasteiger partial charge on any atom is -0.480 e. The standard InChI is InChI=1S/C13H25NO4/c1-9(2)7-10(3)8-12(15)14-11(13(16)17)5-6-18-4/h9-11H,5-8H2,1-4H3,(H,14,15)(H,16,17). The van der Waals surface area contributed by atoms with E-state index in [0.717, 1.165) is 6.42 Å². The van der Waals surface area contributed by atoms with E-state index in [1.807, 2.05) is 6.92 Å². The molecule has 0 fully saturated rings. The van der Waals surface area contributed by atoms with Crippen molar-refractivity contribution >= 4 is 11.9 Å². The molecule has 2 atom stereocenters. The van der Waals surface area contributed by atoms with Crippen LogP contribution in [-0.4, -0.2) is 36.7 Å². The van der Waals surface area contributed by atoms with Crippen LogP contribution in [-0.2, 0) is 14.3 Å². The Bertz CT molecular complexity index is 266. The highest BCUT2D eigenvalue weighted by Gasteiger charge is 2.20. The predicted octanol–water partition coefficient (Wildman–Crippen LogP) is 1.66. The molecule has 0 saturated carbocycles. The first kappa shape index (κ1) is 16.9. The summed E-state index contributed by atoms with van der Waals surface area (Å²) < 4.78 is 4.82. The van der Waals surface area contributed by atoms with Gasteiger partial charge in [-0.1, -0.05) is 20.8 Å². The maximum absolute atomic E-state index is 11.7. The summed E-state index contributed by atoms with van der Waals surface area (Å²) in [4.78, 5) is 22.6. The summed E-state index contributed by atoms with van der Waals surface area (Å²) in [5, 5.41) is 11.5. The van der Waals surface area contributed by atoms with Crippen LogP contribution >= 0.6 is 0 Å². The Morgan fingerprint density at radius 3 is 2.33 bits per heavy atom. The molecule has 2 N–H and O–H groups in total. The Balaban J connectivity index is 4.12. The van der Waals surface area contributed by atoms with Crippen molar-refractivity contribution in [1.82, 2.24) is 5.32 Å². The van der Waals surface area contributed by atoms with Crippen LogP contribution in [0.15, 0.2) is 0 Å². The lowest BCUT2D eigenvalue weighted by Gasteiger charge is -2.17. The zero-order valence-corrected chi connectivity index (χ0v) is 11.7. The van der Waals surface area contributed by atoms with Crippen molar-refractivity contribution in [2.45, 2.75) is 46.1 Å². The molecule has 0 spiro atoms. The van der Waals surface area contributed by atoms with Crippen molar-refractivity contribution in [2.24, 2.45) is 11.8 Å². The van der Waals surface area contributed by atoms with E-state index in [2.05, 4.69) is 19.2 Å². The summed E-state index contributed by atoms with van der Waals surface area (Å²) in [6.45, 7) is 6.53. The SMILES string of the molecule is COCCC(NC(=O)CC(C)CC(C)C)C(=O)O. The molecule has 106 valence electrons. The second-order valence-corrected chi connectivity index (χ2v) is 5.18. The van der Waals surface area contributed by atoms with E-state index in [1.165, 1.54) is 7.11 Å². The average Bonchev–Trinajstić information content (AvgIpc) is 2.22. The van der Waals surface area contributed by atoms with Gasteiger partial charge in [-0.05, 0) is 18.3 Å². The molecular formula is C13H25NO4. The van der Waals surface area contributed by atoms with Crippen molar-refractivity contribution in [3.8, 4) is 0 Å². The lowest BCUT2D eigenvalue weighted by molar-refractivity contribution is -0.142. The van der Waals surface area contributed by atoms with Gasteiger partial charge in [-0.3, -0.25) is 4.79 Å². The maximum Gasteiger partial charge on any atom is 0.326 e. The van der Waals surface area contributed by atoms with Gasteiger partial charge < -0.3 is 15.2 Å². The Morgan fingerprint density at radius 1 is 1.28 bits per heavy atom. The predicted molar refractivity (Wildman–Crippen MR) is 69.3 cm³/mol. The molecule has 5 nitrogen and oxygen atoms in total. The Kier molecular flexibility index (Phi) is 8.37. The molecule has 0 radical (unpaired) electrons.